The Hall–Kier alpha value is -0.380. The predicted octanol–water partition coefficient (Wildman–Crippen LogP) is 1.93. The first-order chi connectivity index (χ1) is 3.94. The molecule has 0 radical (unpaired) electrons. The molecule has 0 aromatic rings. The molecule has 0 saturated heterocycles. The molecule has 0 bridgehead atoms. The average molecular weight is 161 g/mol. The highest BCUT2D eigenvalue weighted by atomic mass is 35.5. The van der Waals surface area contributed by atoms with Gasteiger partial charge in [-0.05, 0) is 11.6 Å². The highest BCUT2D eigenvalue weighted by Crippen LogP contribution is 2.17. The van der Waals surface area contributed by atoms with Gasteiger partial charge in [0.25, 0.3) is 0 Å². The summed E-state index contributed by atoms with van der Waals surface area (Å²) in [6.45, 7) is 4.00. The van der Waals surface area contributed by atoms with Crippen molar-refractivity contribution in [1.29, 1.82) is 0 Å². The predicted molar refractivity (Wildman–Crippen MR) is 29.8 cm³/mol. The van der Waals surface area contributed by atoms with Crippen LogP contribution >= 0.6 is 11.6 Å². The van der Waals surface area contributed by atoms with Gasteiger partial charge >= 0.3 is 11.4 Å². The zero-order valence-electron chi connectivity index (χ0n) is 4.99. The molecule has 0 saturated carbocycles. The Labute approximate surface area is 56.4 Å². The van der Waals surface area contributed by atoms with Crippen molar-refractivity contribution in [3.8, 4) is 0 Å². The van der Waals surface area contributed by atoms with Gasteiger partial charge in [-0.1, -0.05) is 13.8 Å². The fourth-order valence-corrected chi connectivity index (χ4v) is 0. The van der Waals surface area contributed by atoms with E-state index in [1.54, 1.807) is 0 Å². The third-order valence-electron chi connectivity index (χ3n) is 0.243. The lowest BCUT2D eigenvalue weighted by Gasteiger charge is -1.95. The first-order valence-corrected chi connectivity index (χ1v) is 2.62. The molecule has 0 spiro atoms. The van der Waals surface area contributed by atoms with E-state index in [9.17, 15) is 8.78 Å². The standard InChI is InChI=1S/C2HClF2O2.C2H6/c3-2(4,5)1(6)7;1-2/h(H,6,7);1-2H3. The van der Waals surface area contributed by atoms with Crippen LogP contribution in [0.2, 0.25) is 0 Å². The summed E-state index contributed by atoms with van der Waals surface area (Å²) in [6.07, 6.45) is 0. The van der Waals surface area contributed by atoms with Crippen LogP contribution in [0.25, 0.3) is 0 Å². The van der Waals surface area contributed by atoms with Gasteiger partial charge in [0.2, 0.25) is 0 Å². The second-order valence-electron chi connectivity index (χ2n) is 0.803. The van der Waals surface area contributed by atoms with Gasteiger partial charge < -0.3 is 5.11 Å². The lowest BCUT2D eigenvalue weighted by atomic mass is 10.7. The smallest absolute Gasteiger partial charge is 0.417 e. The van der Waals surface area contributed by atoms with Crippen molar-refractivity contribution in [3.05, 3.63) is 0 Å². The molecule has 0 aliphatic heterocycles. The van der Waals surface area contributed by atoms with Gasteiger partial charge in [-0.15, -0.1) is 0 Å². The molecule has 0 unspecified atom stereocenters. The normalized spacial score (nSPS) is 9.44. The molecule has 9 heavy (non-hydrogen) atoms. The van der Waals surface area contributed by atoms with E-state index in [2.05, 4.69) is 11.6 Å². The van der Waals surface area contributed by atoms with Crippen LogP contribution in [0.1, 0.15) is 13.8 Å². The summed E-state index contributed by atoms with van der Waals surface area (Å²) in [5, 5.41) is 3.26. The zero-order chi connectivity index (χ0) is 8.08. The molecule has 0 atom stereocenters. The Balaban J connectivity index is 0. The van der Waals surface area contributed by atoms with Gasteiger partial charge in [0.1, 0.15) is 0 Å². The summed E-state index contributed by atoms with van der Waals surface area (Å²) in [5.41, 5.74) is 0. The van der Waals surface area contributed by atoms with Crippen molar-refractivity contribution in [1.82, 2.24) is 0 Å². The average Bonchev–Trinajstić information content (AvgIpc) is 1.69. The van der Waals surface area contributed by atoms with Crippen molar-refractivity contribution < 1.29 is 18.7 Å². The van der Waals surface area contributed by atoms with Gasteiger partial charge in [-0.2, -0.15) is 8.78 Å². The first-order valence-electron chi connectivity index (χ1n) is 2.24. The number of aliphatic carboxylic acids is 1. The Morgan fingerprint density at radius 1 is 1.56 bits per heavy atom. The van der Waals surface area contributed by atoms with E-state index in [0.717, 1.165) is 0 Å². The Morgan fingerprint density at radius 3 is 1.67 bits per heavy atom. The van der Waals surface area contributed by atoms with Crippen molar-refractivity contribution >= 4 is 17.6 Å². The molecule has 1 N–H and O–H groups in total. The molecule has 0 aliphatic rings. The molecule has 0 rings (SSSR count). The van der Waals surface area contributed by atoms with Gasteiger partial charge in [-0.25, -0.2) is 4.79 Å². The van der Waals surface area contributed by atoms with Crippen molar-refractivity contribution in [2.75, 3.05) is 0 Å². The van der Waals surface area contributed by atoms with E-state index in [1.807, 2.05) is 13.8 Å². The fourth-order valence-electron chi connectivity index (χ4n) is 0. The number of carboxylic acids is 1. The highest BCUT2D eigenvalue weighted by molar-refractivity contribution is 6.30. The minimum Gasteiger partial charge on any atom is -0.476 e. The summed E-state index contributed by atoms with van der Waals surface area (Å²) >= 11 is 3.94. The second kappa shape index (κ2) is 4.49. The first kappa shape index (κ1) is 11.4. The molecule has 2 nitrogen and oxygen atoms in total. The van der Waals surface area contributed by atoms with Crippen molar-refractivity contribution in [2.24, 2.45) is 0 Å². The summed E-state index contributed by atoms with van der Waals surface area (Å²) in [6, 6.07) is 0. The van der Waals surface area contributed by atoms with Crippen LogP contribution in [-0.4, -0.2) is 16.5 Å². The summed E-state index contributed by atoms with van der Waals surface area (Å²) < 4.78 is 22.0. The van der Waals surface area contributed by atoms with Crippen LogP contribution in [-0.2, 0) is 4.79 Å². The van der Waals surface area contributed by atoms with Gasteiger partial charge in [0, 0.05) is 0 Å². The molecule has 0 aromatic heterocycles. The maximum Gasteiger partial charge on any atom is 0.417 e. The molecule has 0 heterocycles. The van der Waals surface area contributed by atoms with E-state index in [-0.39, 0.29) is 0 Å². The fraction of sp³-hybridized carbons (Fsp3) is 0.750. The number of halogens is 3. The van der Waals surface area contributed by atoms with E-state index in [1.165, 1.54) is 0 Å². The topological polar surface area (TPSA) is 37.3 Å². The second-order valence-corrected chi connectivity index (χ2v) is 1.28. The number of carboxylic acid groups (broad SMARTS) is 1. The summed E-state index contributed by atoms with van der Waals surface area (Å²) in [4.78, 5) is 9.14. The zero-order valence-corrected chi connectivity index (χ0v) is 5.75. The van der Waals surface area contributed by atoms with E-state index >= 15 is 0 Å². The van der Waals surface area contributed by atoms with E-state index in [0.29, 0.717) is 0 Å². The van der Waals surface area contributed by atoms with Crippen LogP contribution in [0.4, 0.5) is 8.78 Å². The van der Waals surface area contributed by atoms with Crippen LogP contribution in [0.3, 0.4) is 0 Å². The summed E-state index contributed by atoms with van der Waals surface area (Å²) in [7, 11) is 0. The number of rotatable bonds is 1. The quantitative estimate of drug-likeness (QED) is 0.595. The van der Waals surface area contributed by atoms with Gasteiger partial charge in [0.05, 0.1) is 0 Å². The molecule has 56 valence electrons. The Bertz CT molecular complexity index is 89.1. The maximum absolute atomic E-state index is 11.0. The third-order valence-corrected chi connectivity index (χ3v) is 0.404. The molecule has 5 heteroatoms. The third kappa shape index (κ3) is 7.62. The minimum atomic E-state index is -4.11. The van der Waals surface area contributed by atoms with Gasteiger partial charge in [0.15, 0.2) is 0 Å². The van der Waals surface area contributed by atoms with Gasteiger partial charge in [-0.3, -0.25) is 0 Å². The molecule has 0 aliphatic carbocycles. The van der Waals surface area contributed by atoms with E-state index in [4.69, 9.17) is 9.90 Å². The monoisotopic (exact) mass is 160 g/mol. The highest BCUT2D eigenvalue weighted by Gasteiger charge is 2.35. The van der Waals surface area contributed by atoms with Crippen LogP contribution in [0.15, 0.2) is 0 Å². The maximum atomic E-state index is 11.0. The lowest BCUT2D eigenvalue weighted by Crippen LogP contribution is -2.19. The van der Waals surface area contributed by atoms with Crippen molar-refractivity contribution in [3.63, 3.8) is 0 Å². The van der Waals surface area contributed by atoms with Crippen LogP contribution in [0.5, 0.6) is 0 Å². The summed E-state index contributed by atoms with van der Waals surface area (Å²) in [5.74, 6) is -2.32. The molecule has 0 amide bonds. The number of hydrogen-bond acceptors (Lipinski definition) is 1. The van der Waals surface area contributed by atoms with Crippen LogP contribution < -0.4 is 0 Å². The molecular formula is C4H7ClF2O2. The Kier molecular flexibility index (Phi) is 5.70. The lowest BCUT2D eigenvalue weighted by molar-refractivity contribution is -0.153. The minimum absolute atomic E-state index is 2.00. The van der Waals surface area contributed by atoms with E-state index < -0.39 is 11.4 Å². The largest absolute Gasteiger partial charge is 0.476 e. The SMILES string of the molecule is CC.O=C(O)C(F)(F)Cl. The molecular weight excluding hydrogens is 153 g/mol. The number of alkyl halides is 3. The molecule has 0 fully saturated rings. The Morgan fingerprint density at radius 2 is 1.67 bits per heavy atom. The number of carbonyl (C=O) groups is 1. The number of hydrogen-bond donors (Lipinski definition) is 1. The van der Waals surface area contributed by atoms with Crippen molar-refractivity contribution in [2.45, 2.75) is 19.2 Å². The van der Waals surface area contributed by atoms with Crippen LogP contribution in [0, 0.1) is 0 Å². The molecule has 0 aromatic carbocycles.